The van der Waals surface area contributed by atoms with Crippen molar-refractivity contribution in [1.82, 2.24) is 9.29 Å². The summed E-state index contributed by atoms with van der Waals surface area (Å²) in [7, 11) is -4.11. The van der Waals surface area contributed by atoms with Crippen molar-refractivity contribution >= 4 is 16.0 Å². The highest BCUT2D eigenvalue weighted by Gasteiger charge is 2.30. The van der Waals surface area contributed by atoms with Gasteiger partial charge in [-0.15, -0.1) is 0 Å². The molecule has 4 rings (SSSR count). The maximum Gasteiger partial charge on any atom is 0.338 e. The summed E-state index contributed by atoms with van der Waals surface area (Å²) in [6.45, 7) is 2.21. The van der Waals surface area contributed by atoms with Gasteiger partial charge in [0.2, 0.25) is 15.9 Å². The minimum absolute atomic E-state index is 0.0809. The Morgan fingerprint density at radius 1 is 1.16 bits per heavy atom. The molecule has 0 N–H and O–H groups in total. The number of morpholine rings is 1. The summed E-state index contributed by atoms with van der Waals surface area (Å²) in [5, 5.41) is 0. The van der Waals surface area contributed by atoms with Crippen LogP contribution in [-0.4, -0.2) is 50.0 Å². The summed E-state index contributed by atoms with van der Waals surface area (Å²) >= 11 is 0. The molecule has 1 aliphatic rings. The van der Waals surface area contributed by atoms with Gasteiger partial charge in [0.05, 0.1) is 18.8 Å². The number of sulfonamides is 1. The van der Waals surface area contributed by atoms with Gasteiger partial charge in [-0.3, -0.25) is 0 Å². The molecule has 1 fully saturated rings. The van der Waals surface area contributed by atoms with Gasteiger partial charge in [-0.1, -0.05) is 18.2 Å². The monoisotopic (exact) mass is 460 g/mol. The number of carbonyl (C=O) groups excluding carboxylic acids is 1. The summed E-state index contributed by atoms with van der Waals surface area (Å²) < 4.78 is 57.1. The van der Waals surface area contributed by atoms with Crippen LogP contribution < -0.4 is 0 Å². The molecule has 8 nitrogen and oxygen atoms in total. The molecule has 0 atom stereocenters. The number of nitrogens with zero attached hydrogens (tertiary/aromatic N) is 2. The number of halogens is 1. The van der Waals surface area contributed by atoms with Crippen molar-refractivity contribution in [2.75, 3.05) is 26.3 Å². The fourth-order valence-electron chi connectivity index (χ4n) is 3.24. The quantitative estimate of drug-likeness (QED) is 0.521. The lowest BCUT2D eigenvalue weighted by Crippen LogP contribution is -2.41. The number of oxazole rings is 1. The maximum atomic E-state index is 14.3. The zero-order valence-corrected chi connectivity index (χ0v) is 18.1. The van der Waals surface area contributed by atoms with Crippen LogP contribution in [0.1, 0.15) is 21.8 Å². The van der Waals surface area contributed by atoms with Gasteiger partial charge in [-0.2, -0.15) is 4.31 Å². The van der Waals surface area contributed by atoms with Crippen LogP contribution in [0.25, 0.3) is 11.5 Å². The van der Waals surface area contributed by atoms with Crippen molar-refractivity contribution in [3.8, 4) is 11.5 Å². The summed E-state index contributed by atoms with van der Waals surface area (Å²) in [6.07, 6.45) is 0. The number of aromatic nitrogens is 1. The zero-order valence-electron chi connectivity index (χ0n) is 17.3. The molecule has 3 aromatic rings. The molecule has 0 bridgehead atoms. The summed E-state index contributed by atoms with van der Waals surface area (Å²) in [6, 6.07) is 12.4. The lowest BCUT2D eigenvalue weighted by molar-refractivity contribution is 0.0466. The first-order valence-electron chi connectivity index (χ1n) is 9.92. The molecule has 0 radical (unpaired) electrons. The number of hydrogen-bond donors (Lipinski definition) is 0. The van der Waals surface area contributed by atoms with E-state index in [0.29, 0.717) is 17.3 Å². The number of esters is 1. The van der Waals surface area contributed by atoms with Gasteiger partial charge in [0.25, 0.3) is 0 Å². The molecule has 0 spiro atoms. The van der Waals surface area contributed by atoms with E-state index in [0.717, 1.165) is 22.0 Å². The third-order valence-corrected chi connectivity index (χ3v) is 6.92. The molecule has 2 heterocycles. The van der Waals surface area contributed by atoms with Crippen molar-refractivity contribution in [1.29, 1.82) is 0 Å². The van der Waals surface area contributed by atoms with Crippen LogP contribution in [-0.2, 0) is 26.1 Å². The van der Waals surface area contributed by atoms with Gasteiger partial charge in [0, 0.05) is 18.7 Å². The summed E-state index contributed by atoms with van der Waals surface area (Å²) in [4.78, 5) is 16.3. The number of hydrogen-bond acceptors (Lipinski definition) is 7. The first-order chi connectivity index (χ1) is 15.4. The van der Waals surface area contributed by atoms with Crippen molar-refractivity contribution in [3.05, 3.63) is 71.4 Å². The van der Waals surface area contributed by atoms with Crippen molar-refractivity contribution in [3.63, 3.8) is 0 Å². The Hall–Kier alpha value is -3.08. The van der Waals surface area contributed by atoms with Crippen LogP contribution in [0.5, 0.6) is 0 Å². The second kappa shape index (κ2) is 9.19. The van der Waals surface area contributed by atoms with Crippen LogP contribution in [0.2, 0.25) is 0 Å². The molecule has 10 heteroatoms. The van der Waals surface area contributed by atoms with Crippen molar-refractivity contribution < 1.29 is 31.5 Å². The third-order valence-electron chi connectivity index (χ3n) is 5.01. The predicted octanol–water partition coefficient (Wildman–Crippen LogP) is 3.17. The second-order valence-corrected chi connectivity index (χ2v) is 9.03. The largest absolute Gasteiger partial charge is 0.455 e. The van der Waals surface area contributed by atoms with E-state index in [9.17, 15) is 17.6 Å². The predicted molar refractivity (Wildman–Crippen MR) is 112 cm³/mol. The zero-order chi connectivity index (χ0) is 22.7. The highest BCUT2D eigenvalue weighted by Crippen LogP contribution is 2.24. The number of aryl methyl sites for hydroxylation is 1. The van der Waals surface area contributed by atoms with Gasteiger partial charge >= 0.3 is 5.97 Å². The Morgan fingerprint density at radius 3 is 2.59 bits per heavy atom. The van der Waals surface area contributed by atoms with E-state index >= 15 is 0 Å². The van der Waals surface area contributed by atoms with Crippen LogP contribution >= 0.6 is 0 Å². The molecule has 0 unspecified atom stereocenters. The lowest BCUT2D eigenvalue weighted by atomic mass is 10.2. The molecular weight excluding hydrogens is 439 g/mol. The molecule has 32 heavy (non-hydrogen) atoms. The van der Waals surface area contributed by atoms with E-state index in [4.69, 9.17) is 13.9 Å². The van der Waals surface area contributed by atoms with Crippen LogP contribution in [0.15, 0.2) is 57.8 Å². The van der Waals surface area contributed by atoms with E-state index in [-0.39, 0.29) is 38.5 Å². The molecule has 1 aromatic heterocycles. The Morgan fingerprint density at radius 2 is 1.88 bits per heavy atom. The molecule has 1 saturated heterocycles. The van der Waals surface area contributed by atoms with Crippen molar-refractivity contribution in [2.45, 2.75) is 18.4 Å². The highest BCUT2D eigenvalue weighted by molar-refractivity contribution is 7.89. The first kappa shape index (κ1) is 22.1. The van der Waals surface area contributed by atoms with Crippen molar-refractivity contribution in [2.24, 2.45) is 0 Å². The lowest BCUT2D eigenvalue weighted by Gasteiger charge is -2.26. The normalized spacial score (nSPS) is 14.9. The topological polar surface area (TPSA) is 98.9 Å². The molecule has 1 aliphatic heterocycles. The SMILES string of the molecule is Cc1oc(-c2ccccc2)nc1COC(=O)c1ccc(F)c(S(=O)(=O)N2CCOCC2)c1. The fraction of sp³-hybridized carbons (Fsp3) is 0.273. The van der Waals surface area contributed by atoms with E-state index in [1.54, 1.807) is 6.92 Å². The summed E-state index contributed by atoms with van der Waals surface area (Å²) in [5.74, 6) is -0.846. The van der Waals surface area contributed by atoms with E-state index in [1.165, 1.54) is 6.07 Å². The van der Waals surface area contributed by atoms with Gasteiger partial charge in [0.1, 0.15) is 28.8 Å². The highest BCUT2D eigenvalue weighted by atomic mass is 32.2. The fourth-order valence-corrected chi connectivity index (χ4v) is 4.74. The van der Waals surface area contributed by atoms with Gasteiger partial charge in [-0.05, 0) is 37.3 Å². The number of benzene rings is 2. The second-order valence-electron chi connectivity index (χ2n) is 7.13. The average Bonchev–Trinajstić information content (AvgIpc) is 3.19. The first-order valence-corrected chi connectivity index (χ1v) is 11.4. The van der Waals surface area contributed by atoms with E-state index in [2.05, 4.69) is 4.98 Å². The smallest absolute Gasteiger partial charge is 0.338 e. The molecule has 168 valence electrons. The van der Waals surface area contributed by atoms with Gasteiger partial charge < -0.3 is 13.9 Å². The van der Waals surface area contributed by atoms with Crippen LogP contribution in [0.4, 0.5) is 4.39 Å². The minimum atomic E-state index is -4.11. The average molecular weight is 460 g/mol. The Bertz CT molecular complexity index is 1220. The number of rotatable bonds is 6. The molecule has 2 aromatic carbocycles. The van der Waals surface area contributed by atoms with Crippen LogP contribution in [0, 0.1) is 12.7 Å². The third kappa shape index (κ3) is 4.57. The molecule has 0 amide bonds. The summed E-state index contributed by atoms with van der Waals surface area (Å²) in [5.41, 5.74) is 1.13. The molecular formula is C22H21FN2O6S. The minimum Gasteiger partial charge on any atom is -0.455 e. The van der Waals surface area contributed by atoms with Crippen LogP contribution in [0.3, 0.4) is 0 Å². The Balaban J connectivity index is 1.50. The molecule has 0 aliphatic carbocycles. The van der Waals surface area contributed by atoms with Gasteiger partial charge in [-0.25, -0.2) is 22.6 Å². The Kier molecular flexibility index (Phi) is 6.35. The molecule has 0 saturated carbocycles. The maximum absolute atomic E-state index is 14.3. The number of carbonyl (C=O) groups is 1. The van der Waals surface area contributed by atoms with E-state index in [1.807, 2.05) is 30.3 Å². The number of ether oxygens (including phenoxy) is 2. The Labute approximate surface area is 184 Å². The van der Waals surface area contributed by atoms with Gasteiger partial charge in [0.15, 0.2) is 0 Å². The standard InChI is InChI=1S/C22H21FN2O6S/c1-15-19(24-21(31-15)16-5-3-2-4-6-16)14-30-22(26)17-7-8-18(23)20(13-17)32(27,28)25-9-11-29-12-10-25/h2-8,13H,9-12,14H2,1H3. The van der Waals surface area contributed by atoms with E-state index < -0.39 is 26.7 Å².